The number of sulfonamides is 1. The second-order valence-electron chi connectivity index (χ2n) is 5.69. The van der Waals surface area contributed by atoms with Crippen LogP contribution in [0.4, 0.5) is 15.2 Å². The SMILES string of the molecule is N[C@H]1CCCCC1=INc1cc(F)c(S(=O)(=O)Nc2nccs2)cc1Cl. The molecule has 3 rings (SSSR count). The summed E-state index contributed by atoms with van der Waals surface area (Å²) in [5, 5.41) is 1.93. The molecule has 11 heteroatoms. The van der Waals surface area contributed by atoms with Crippen molar-refractivity contribution in [3.63, 3.8) is 0 Å². The fourth-order valence-electron chi connectivity index (χ4n) is 2.48. The molecule has 142 valence electrons. The van der Waals surface area contributed by atoms with Crippen molar-refractivity contribution in [2.24, 2.45) is 5.73 Å². The van der Waals surface area contributed by atoms with Crippen LogP contribution in [0, 0.1) is 5.82 Å². The summed E-state index contributed by atoms with van der Waals surface area (Å²) in [6.45, 7) is 0. The zero-order valence-corrected chi connectivity index (χ0v) is 18.1. The van der Waals surface area contributed by atoms with Gasteiger partial charge in [-0.1, -0.05) is 18.0 Å². The molecule has 0 aliphatic heterocycles. The Morgan fingerprint density at radius 1 is 1.38 bits per heavy atom. The minimum atomic E-state index is -4.10. The number of nitrogens with one attached hydrogen (secondary N) is 2. The van der Waals surface area contributed by atoms with Gasteiger partial charge in [0.1, 0.15) is 10.7 Å². The van der Waals surface area contributed by atoms with Crippen molar-refractivity contribution < 1.29 is 12.8 Å². The molecule has 0 radical (unpaired) electrons. The minimum Gasteiger partial charge on any atom is -0.332 e. The third kappa shape index (κ3) is 4.71. The van der Waals surface area contributed by atoms with Crippen molar-refractivity contribution in [1.29, 1.82) is 0 Å². The molecule has 0 saturated heterocycles. The minimum absolute atomic E-state index is 0.0785. The Hall–Kier alpha value is -0.820. The van der Waals surface area contributed by atoms with Crippen LogP contribution < -0.4 is 14.0 Å². The summed E-state index contributed by atoms with van der Waals surface area (Å²) in [6, 6.07) is 2.31. The molecular formula is C15H17ClFIN4O2S2. The lowest BCUT2D eigenvalue weighted by molar-refractivity contribution is 0.571. The van der Waals surface area contributed by atoms with Crippen LogP contribution in [-0.2, 0) is 10.0 Å². The monoisotopic (exact) mass is 530 g/mol. The largest absolute Gasteiger partial charge is 0.332 e. The molecule has 1 atom stereocenters. The molecular weight excluding hydrogens is 514 g/mol. The second-order valence-corrected chi connectivity index (χ2v) is 11.1. The van der Waals surface area contributed by atoms with Gasteiger partial charge in [-0.3, -0.25) is 4.72 Å². The topological polar surface area (TPSA) is 97.1 Å². The Bertz CT molecular complexity index is 922. The fourth-order valence-corrected chi connectivity index (χ4v) is 7.24. The van der Waals surface area contributed by atoms with Crippen LogP contribution in [0.3, 0.4) is 0 Å². The molecule has 1 aromatic heterocycles. The maximum atomic E-state index is 14.4. The van der Waals surface area contributed by atoms with E-state index in [1.165, 1.54) is 9.71 Å². The average Bonchev–Trinajstić information content (AvgIpc) is 3.08. The Morgan fingerprint density at radius 3 is 2.88 bits per heavy atom. The van der Waals surface area contributed by atoms with Gasteiger partial charge in [-0.05, 0) is 49.8 Å². The van der Waals surface area contributed by atoms with E-state index in [-0.39, 0.29) is 16.2 Å². The second kappa shape index (κ2) is 8.46. The quantitative estimate of drug-likeness (QED) is 0.399. The van der Waals surface area contributed by atoms with Gasteiger partial charge in [0.25, 0.3) is 10.0 Å². The fraction of sp³-hybridized carbons (Fsp3) is 0.333. The molecule has 1 heterocycles. The molecule has 2 aromatic rings. The van der Waals surface area contributed by atoms with Crippen molar-refractivity contribution in [2.75, 3.05) is 8.25 Å². The highest BCUT2D eigenvalue weighted by Gasteiger charge is 2.22. The number of hydrogen-bond acceptors (Lipinski definition) is 6. The van der Waals surface area contributed by atoms with Crippen LogP contribution in [0.15, 0.2) is 28.6 Å². The van der Waals surface area contributed by atoms with Gasteiger partial charge in [0.15, 0.2) is 5.13 Å². The summed E-state index contributed by atoms with van der Waals surface area (Å²) in [4.78, 5) is 3.32. The van der Waals surface area contributed by atoms with Crippen molar-refractivity contribution in [3.8, 4) is 0 Å². The van der Waals surface area contributed by atoms with Gasteiger partial charge in [0, 0.05) is 23.7 Å². The first-order valence-electron chi connectivity index (χ1n) is 7.79. The van der Waals surface area contributed by atoms with Crippen LogP contribution in [0.25, 0.3) is 0 Å². The summed E-state index contributed by atoms with van der Waals surface area (Å²) >= 11 is 6.69. The summed E-state index contributed by atoms with van der Waals surface area (Å²) in [5.74, 6) is -0.872. The van der Waals surface area contributed by atoms with E-state index in [0.29, 0.717) is 5.69 Å². The summed E-state index contributed by atoms with van der Waals surface area (Å²) in [7, 11) is -4.10. The van der Waals surface area contributed by atoms with Gasteiger partial charge in [0.05, 0.1) is 10.7 Å². The molecule has 6 nitrogen and oxygen atoms in total. The smallest absolute Gasteiger partial charge is 0.266 e. The van der Waals surface area contributed by atoms with E-state index in [1.54, 1.807) is 5.38 Å². The van der Waals surface area contributed by atoms with Gasteiger partial charge in [-0.2, -0.15) is 0 Å². The van der Waals surface area contributed by atoms with Crippen molar-refractivity contribution in [2.45, 2.75) is 36.6 Å². The van der Waals surface area contributed by atoms with E-state index in [1.807, 2.05) is 0 Å². The Balaban J connectivity index is 1.83. The number of halogens is 3. The number of hydrogen-bond donors (Lipinski definition) is 3. The summed E-state index contributed by atoms with van der Waals surface area (Å²) in [6.07, 6.45) is 5.65. The molecule has 26 heavy (non-hydrogen) atoms. The van der Waals surface area contributed by atoms with Crippen LogP contribution in [0.5, 0.6) is 0 Å². The normalized spacial score (nSPS) is 19.8. The van der Waals surface area contributed by atoms with Crippen LogP contribution in [-0.4, -0.2) is 23.0 Å². The van der Waals surface area contributed by atoms with Gasteiger partial charge in [0.2, 0.25) is 0 Å². The van der Waals surface area contributed by atoms with E-state index in [4.69, 9.17) is 17.3 Å². The number of aromatic nitrogens is 1. The van der Waals surface area contributed by atoms with Crippen molar-refractivity contribution >= 4 is 68.3 Å². The highest BCUT2D eigenvalue weighted by atomic mass is 127. The number of benzene rings is 1. The van der Waals surface area contributed by atoms with E-state index in [9.17, 15) is 12.8 Å². The number of nitrogens with two attached hydrogens (primary N) is 1. The van der Waals surface area contributed by atoms with Crippen LogP contribution in [0.1, 0.15) is 25.7 Å². The molecule has 1 aromatic carbocycles. The van der Waals surface area contributed by atoms with Gasteiger partial charge >= 0.3 is 0 Å². The van der Waals surface area contributed by atoms with Crippen LogP contribution >= 0.6 is 43.9 Å². The predicted octanol–water partition coefficient (Wildman–Crippen LogP) is 4.11. The number of anilines is 2. The standard InChI is InChI=1S/C15H17ClFIN4O2S2/c16-9-7-14(26(23,24)22-15-20-5-6-25-15)10(17)8-13(9)21-18-11-3-1-2-4-12(11)19/h5-8,12,21H,1-4,19H2,(H,20,22)/t12-/m0/s1. The molecule has 0 spiro atoms. The molecule has 0 amide bonds. The average molecular weight is 531 g/mol. The van der Waals surface area contributed by atoms with Crippen molar-refractivity contribution in [1.82, 2.24) is 4.98 Å². The zero-order chi connectivity index (χ0) is 18.7. The highest BCUT2D eigenvalue weighted by Crippen LogP contribution is 2.32. The first-order valence-corrected chi connectivity index (χ1v) is 12.7. The van der Waals surface area contributed by atoms with E-state index >= 15 is 0 Å². The van der Waals surface area contributed by atoms with E-state index in [0.717, 1.165) is 49.2 Å². The van der Waals surface area contributed by atoms with Gasteiger partial charge in [-0.15, -0.1) is 11.3 Å². The number of rotatable bonds is 5. The first-order chi connectivity index (χ1) is 12.4. The maximum Gasteiger partial charge on any atom is 0.266 e. The molecule has 0 unspecified atom stereocenters. The molecule has 0 bridgehead atoms. The Morgan fingerprint density at radius 2 is 2.19 bits per heavy atom. The maximum absolute atomic E-state index is 14.4. The predicted molar refractivity (Wildman–Crippen MR) is 113 cm³/mol. The van der Waals surface area contributed by atoms with Gasteiger partial charge in [-0.25, -0.2) is 17.8 Å². The lowest BCUT2D eigenvalue weighted by atomic mass is 9.96. The Labute approximate surface area is 170 Å². The summed E-state index contributed by atoms with van der Waals surface area (Å²) in [5.41, 5.74) is 6.49. The van der Waals surface area contributed by atoms with E-state index < -0.39 is 41.7 Å². The van der Waals surface area contributed by atoms with E-state index in [2.05, 4.69) is 13.2 Å². The molecule has 1 aliphatic rings. The van der Waals surface area contributed by atoms with Crippen molar-refractivity contribution in [3.05, 3.63) is 34.5 Å². The lowest BCUT2D eigenvalue weighted by Gasteiger charge is -2.20. The summed E-state index contributed by atoms with van der Waals surface area (Å²) < 4.78 is 45.8. The molecule has 1 aliphatic carbocycles. The molecule has 1 fully saturated rings. The lowest BCUT2D eigenvalue weighted by Crippen LogP contribution is -2.32. The number of thiazole rings is 1. The third-order valence-electron chi connectivity index (χ3n) is 3.82. The third-order valence-corrected chi connectivity index (χ3v) is 9.19. The molecule has 1 saturated carbocycles. The first kappa shape index (κ1) is 19.9. The number of nitrogens with zero attached hydrogens (tertiary/aromatic N) is 1. The molecule has 4 N–H and O–H groups in total. The van der Waals surface area contributed by atoms with Crippen LogP contribution in [0.2, 0.25) is 5.02 Å². The highest BCUT2D eigenvalue weighted by molar-refractivity contribution is 14.2. The van der Waals surface area contributed by atoms with Gasteiger partial charge < -0.3 is 9.26 Å². The zero-order valence-electron chi connectivity index (χ0n) is 13.5. The Kier molecular flexibility index (Phi) is 6.49.